The summed E-state index contributed by atoms with van der Waals surface area (Å²) in [5.41, 5.74) is 4.61. The van der Waals surface area contributed by atoms with Gasteiger partial charge in [0.2, 0.25) is 0 Å². The number of hydrogen-bond acceptors (Lipinski definition) is 6. The zero-order valence-corrected chi connectivity index (χ0v) is 10.4. The van der Waals surface area contributed by atoms with E-state index in [0.717, 1.165) is 16.5 Å². The molecule has 2 heterocycles. The molecule has 0 bridgehead atoms. The number of tetrazole rings is 1. The Morgan fingerprint density at radius 2 is 2.26 bits per heavy atom. The molecule has 19 heavy (non-hydrogen) atoms. The molecule has 0 aliphatic carbocycles. The molecule has 2 aromatic heterocycles. The van der Waals surface area contributed by atoms with Gasteiger partial charge in [0.15, 0.2) is 5.82 Å². The Bertz CT molecular complexity index is 688. The highest BCUT2D eigenvalue weighted by Gasteiger charge is 2.18. The maximum Gasteiger partial charge on any atom is 0.176 e. The van der Waals surface area contributed by atoms with Crippen LogP contribution in [0.4, 0.5) is 0 Å². The summed E-state index contributed by atoms with van der Waals surface area (Å²) in [6.45, 7) is 0. The number of hydrazine groups is 1. The largest absolute Gasteiger partial charge is 0.464 e. The Hall–Kier alpha value is -2.25. The predicted molar refractivity (Wildman–Crippen MR) is 68.8 cm³/mol. The molecule has 7 heteroatoms. The molecule has 0 spiro atoms. The first-order valence-electron chi connectivity index (χ1n) is 5.93. The average Bonchev–Trinajstić information content (AvgIpc) is 3.02. The van der Waals surface area contributed by atoms with E-state index in [1.807, 2.05) is 24.3 Å². The fraction of sp³-hybridized carbons (Fsp3) is 0.250. The van der Waals surface area contributed by atoms with Crippen molar-refractivity contribution in [3.05, 3.63) is 41.9 Å². The number of hydrogen-bond donors (Lipinski definition) is 2. The number of aromatic nitrogens is 4. The number of furan rings is 1. The van der Waals surface area contributed by atoms with Crippen LogP contribution in [0.5, 0.6) is 0 Å². The van der Waals surface area contributed by atoms with Gasteiger partial charge in [0.1, 0.15) is 5.58 Å². The summed E-state index contributed by atoms with van der Waals surface area (Å²) >= 11 is 0. The van der Waals surface area contributed by atoms with Crippen LogP contribution < -0.4 is 11.3 Å². The maximum atomic E-state index is 5.64. The number of nitrogens with zero attached hydrogens (tertiary/aromatic N) is 4. The molecule has 0 aliphatic rings. The number of fused-ring (bicyclic) bond motifs is 1. The van der Waals surface area contributed by atoms with Crippen molar-refractivity contribution in [2.75, 3.05) is 0 Å². The molecule has 3 aromatic rings. The molecule has 98 valence electrons. The van der Waals surface area contributed by atoms with Crippen LogP contribution in [-0.4, -0.2) is 20.2 Å². The van der Waals surface area contributed by atoms with Gasteiger partial charge in [-0.1, -0.05) is 18.2 Å². The number of para-hydroxylation sites is 1. The highest BCUT2D eigenvalue weighted by atomic mass is 16.3. The average molecular weight is 258 g/mol. The topological polar surface area (TPSA) is 94.8 Å². The lowest BCUT2D eigenvalue weighted by Gasteiger charge is -2.12. The van der Waals surface area contributed by atoms with Crippen molar-refractivity contribution in [3.8, 4) is 0 Å². The second-order valence-corrected chi connectivity index (χ2v) is 4.31. The van der Waals surface area contributed by atoms with Gasteiger partial charge in [0, 0.05) is 17.4 Å². The molecule has 0 aliphatic heterocycles. The highest BCUT2D eigenvalue weighted by molar-refractivity contribution is 5.81. The van der Waals surface area contributed by atoms with Gasteiger partial charge < -0.3 is 4.42 Å². The highest BCUT2D eigenvalue weighted by Crippen LogP contribution is 2.27. The minimum absolute atomic E-state index is 0.118. The molecule has 3 N–H and O–H groups in total. The summed E-state index contributed by atoms with van der Waals surface area (Å²) in [4.78, 5) is 1.43. The molecule has 7 nitrogen and oxygen atoms in total. The molecule has 0 amide bonds. The predicted octanol–water partition coefficient (Wildman–Crippen LogP) is 0.703. The van der Waals surface area contributed by atoms with Crippen LogP contribution >= 0.6 is 0 Å². The van der Waals surface area contributed by atoms with Gasteiger partial charge in [-0.15, -0.1) is 10.2 Å². The second kappa shape index (κ2) is 4.79. The fourth-order valence-corrected chi connectivity index (χ4v) is 2.11. The van der Waals surface area contributed by atoms with Crippen molar-refractivity contribution >= 4 is 11.0 Å². The van der Waals surface area contributed by atoms with E-state index >= 15 is 0 Å². The first kappa shape index (κ1) is 11.8. The molecule has 1 atom stereocenters. The van der Waals surface area contributed by atoms with Gasteiger partial charge in [-0.25, -0.2) is 0 Å². The van der Waals surface area contributed by atoms with Crippen molar-refractivity contribution in [2.24, 2.45) is 12.9 Å². The minimum Gasteiger partial charge on any atom is -0.464 e. The third-order valence-corrected chi connectivity index (χ3v) is 3.02. The summed E-state index contributed by atoms with van der Waals surface area (Å²) < 4.78 is 5.52. The molecule has 0 saturated heterocycles. The van der Waals surface area contributed by atoms with Gasteiger partial charge in [0.05, 0.1) is 19.4 Å². The summed E-state index contributed by atoms with van der Waals surface area (Å²) in [6.07, 6.45) is 2.26. The molecule has 0 fully saturated rings. The third kappa shape index (κ3) is 2.20. The third-order valence-electron chi connectivity index (χ3n) is 3.02. The van der Waals surface area contributed by atoms with Crippen molar-refractivity contribution in [2.45, 2.75) is 12.5 Å². The molecule has 3 rings (SSSR count). The number of nitrogens with one attached hydrogen (secondary N) is 1. The van der Waals surface area contributed by atoms with Gasteiger partial charge in [-0.2, -0.15) is 4.80 Å². The van der Waals surface area contributed by atoms with E-state index in [2.05, 4.69) is 20.8 Å². The quantitative estimate of drug-likeness (QED) is 0.528. The zero-order chi connectivity index (χ0) is 13.2. The Morgan fingerprint density at radius 3 is 3.00 bits per heavy atom. The lowest BCUT2D eigenvalue weighted by atomic mass is 10.0. The van der Waals surface area contributed by atoms with Crippen molar-refractivity contribution in [3.63, 3.8) is 0 Å². The normalized spacial score (nSPS) is 12.9. The SMILES string of the molecule is Cn1nnc(CC(NN)c2coc3ccccc23)n1. The monoisotopic (exact) mass is 258 g/mol. The van der Waals surface area contributed by atoms with Gasteiger partial charge in [0.25, 0.3) is 0 Å². The Kier molecular flexibility index (Phi) is 2.98. The first-order valence-corrected chi connectivity index (χ1v) is 5.93. The van der Waals surface area contributed by atoms with Crippen LogP contribution in [0.2, 0.25) is 0 Å². The zero-order valence-electron chi connectivity index (χ0n) is 10.4. The smallest absolute Gasteiger partial charge is 0.176 e. The van der Waals surface area contributed by atoms with Gasteiger partial charge >= 0.3 is 0 Å². The first-order chi connectivity index (χ1) is 9.28. The van der Waals surface area contributed by atoms with E-state index in [4.69, 9.17) is 10.3 Å². The molecule has 0 radical (unpaired) electrons. The molecule has 1 aromatic carbocycles. The number of aryl methyl sites for hydroxylation is 1. The van der Waals surface area contributed by atoms with Crippen LogP contribution in [0.3, 0.4) is 0 Å². The molecular formula is C12H14N6O. The van der Waals surface area contributed by atoms with E-state index in [1.165, 1.54) is 4.80 Å². The molecular weight excluding hydrogens is 244 g/mol. The standard InChI is InChI=1S/C12H14N6O/c1-18-16-12(15-17-18)6-10(14-13)9-7-19-11-5-3-2-4-8(9)11/h2-5,7,10,14H,6,13H2,1H3. The van der Waals surface area contributed by atoms with Gasteiger partial charge in [-0.3, -0.25) is 11.3 Å². The van der Waals surface area contributed by atoms with E-state index in [1.54, 1.807) is 13.3 Å². The fourth-order valence-electron chi connectivity index (χ4n) is 2.11. The van der Waals surface area contributed by atoms with E-state index in [-0.39, 0.29) is 6.04 Å². The minimum atomic E-state index is -0.118. The summed E-state index contributed by atoms with van der Waals surface area (Å²) in [6, 6.07) is 7.71. The maximum absolute atomic E-state index is 5.64. The second-order valence-electron chi connectivity index (χ2n) is 4.31. The van der Waals surface area contributed by atoms with Crippen molar-refractivity contribution < 1.29 is 4.42 Å². The number of benzene rings is 1. The van der Waals surface area contributed by atoms with Crippen LogP contribution in [0.15, 0.2) is 34.9 Å². The Labute approximate surface area is 109 Å². The van der Waals surface area contributed by atoms with Gasteiger partial charge in [-0.05, 0) is 11.3 Å². The van der Waals surface area contributed by atoms with Crippen LogP contribution in [0.1, 0.15) is 17.4 Å². The van der Waals surface area contributed by atoms with Crippen LogP contribution in [0, 0.1) is 0 Å². The van der Waals surface area contributed by atoms with Crippen molar-refractivity contribution in [1.29, 1.82) is 0 Å². The van der Waals surface area contributed by atoms with E-state index < -0.39 is 0 Å². The Morgan fingerprint density at radius 1 is 1.42 bits per heavy atom. The van der Waals surface area contributed by atoms with E-state index in [9.17, 15) is 0 Å². The molecule has 0 saturated carbocycles. The number of nitrogens with two attached hydrogens (primary N) is 1. The summed E-state index contributed by atoms with van der Waals surface area (Å²) in [7, 11) is 1.73. The number of rotatable bonds is 4. The Balaban J connectivity index is 1.93. The van der Waals surface area contributed by atoms with E-state index in [0.29, 0.717) is 12.2 Å². The van der Waals surface area contributed by atoms with Crippen molar-refractivity contribution in [1.82, 2.24) is 25.6 Å². The van der Waals surface area contributed by atoms with Crippen LogP contribution in [-0.2, 0) is 13.5 Å². The summed E-state index contributed by atoms with van der Waals surface area (Å²) in [5.74, 6) is 6.27. The summed E-state index contributed by atoms with van der Waals surface area (Å²) in [5, 5.41) is 13.0. The van der Waals surface area contributed by atoms with Crippen LogP contribution in [0.25, 0.3) is 11.0 Å². The lowest BCUT2D eigenvalue weighted by Crippen LogP contribution is -2.29. The lowest BCUT2D eigenvalue weighted by molar-refractivity contribution is 0.524. The molecule has 1 unspecified atom stereocenters.